The van der Waals surface area contributed by atoms with Gasteiger partial charge in [0, 0.05) is 6.54 Å². The zero-order valence-electron chi connectivity index (χ0n) is 9.87. The smallest absolute Gasteiger partial charge is 0.0859 e. The first-order valence-electron chi connectivity index (χ1n) is 6.26. The van der Waals surface area contributed by atoms with Crippen LogP contribution in [0.15, 0.2) is 0 Å². The number of hydrogen-bond acceptors (Lipinski definition) is 2. The number of nitrogens with zero attached hydrogens (tertiary/aromatic N) is 3. The fourth-order valence-corrected chi connectivity index (χ4v) is 2.54. The van der Waals surface area contributed by atoms with Crippen LogP contribution >= 0.6 is 0 Å². The zero-order chi connectivity index (χ0) is 10.7. The Balaban J connectivity index is 2.15. The summed E-state index contributed by atoms with van der Waals surface area (Å²) in [5.41, 5.74) is 2.65. The maximum atomic E-state index is 4.31. The van der Waals surface area contributed by atoms with Gasteiger partial charge in [-0.3, -0.25) is 0 Å². The molecule has 0 amide bonds. The molecule has 0 aliphatic heterocycles. The summed E-state index contributed by atoms with van der Waals surface area (Å²) in [5.74, 6) is 0.907. The first-order chi connectivity index (χ1) is 7.35. The van der Waals surface area contributed by atoms with Crippen LogP contribution < -0.4 is 0 Å². The third-order valence-electron chi connectivity index (χ3n) is 3.61. The van der Waals surface area contributed by atoms with Crippen LogP contribution in [0.4, 0.5) is 0 Å². The van der Waals surface area contributed by atoms with Crippen LogP contribution in [-0.2, 0) is 19.4 Å². The largest absolute Gasteiger partial charge is 0.249 e. The number of fused-ring (bicyclic) bond motifs is 1. The van der Waals surface area contributed by atoms with E-state index in [1.165, 1.54) is 43.5 Å². The van der Waals surface area contributed by atoms with Gasteiger partial charge in [-0.25, -0.2) is 4.68 Å². The summed E-state index contributed by atoms with van der Waals surface area (Å²) in [6.07, 6.45) is 7.60. The molecule has 0 radical (unpaired) electrons. The van der Waals surface area contributed by atoms with Crippen LogP contribution in [0.25, 0.3) is 0 Å². The average Bonchev–Trinajstić information content (AvgIpc) is 2.60. The molecular weight excluding hydrogens is 186 g/mol. The normalized spacial score (nSPS) is 21.9. The number of aromatic nitrogens is 3. The first kappa shape index (κ1) is 10.7. The second-order valence-corrected chi connectivity index (χ2v) is 4.50. The van der Waals surface area contributed by atoms with Gasteiger partial charge in [0.2, 0.25) is 0 Å². The Morgan fingerprint density at radius 1 is 1.27 bits per heavy atom. The van der Waals surface area contributed by atoms with E-state index in [0.717, 1.165) is 18.9 Å². The molecule has 0 fully saturated rings. The van der Waals surface area contributed by atoms with Crippen molar-refractivity contribution in [3.8, 4) is 0 Å². The van der Waals surface area contributed by atoms with Crippen LogP contribution in [0.2, 0.25) is 0 Å². The number of hydrogen-bond donors (Lipinski definition) is 0. The van der Waals surface area contributed by atoms with E-state index in [9.17, 15) is 0 Å². The molecule has 0 bridgehead atoms. The van der Waals surface area contributed by atoms with Crippen molar-refractivity contribution in [2.24, 2.45) is 5.92 Å². The fourth-order valence-electron chi connectivity index (χ4n) is 2.54. The van der Waals surface area contributed by atoms with Crippen molar-refractivity contribution in [2.45, 2.75) is 58.9 Å². The van der Waals surface area contributed by atoms with Gasteiger partial charge in [0.25, 0.3) is 0 Å². The van der Waals surface area contributed by atoms with E-state index in [1.807, 2.05) is 0 Å². The van der Waals surface area contributed by atoms with Gasteiger partial charge in [0.15, 0.2) is 0 Å². The summed E-state index contributed by atoms with van der Waals surface area (Å²) in [7, 11) is 0. The van der Waals surface area contributed by atoms with Crippen molar-refractivity contribution in [1.29, 1.82) is 0 Å². The highest BCUT2D eigenvalue weighted by molar-refractivity contribution is 5.11. The van der Waals surface area contributed by atoms with Crippen molar-refractivity contribution in [1.82, 2.24) is 15.0 Å². The number of aryl methyl sites for hydroxylation is 2. The summed E-state index contributed by atoms with van der Waals surface area (Å²) in [6.45, 7) is 5.40. The molecule has 0 saturated carbocycles. The van der Waals surface area contributed by atoms with Crippen LogP contribution in [0, 0.1) is 5.92 Å². The Morgan fingerprint density at radius 3 is 2.87 bits per heavy atom. The van der Waals surface area contributed by atoms with Crippen molar-refractivity contribution in [3.05, 3.63) is 11.4 Å². The average molecular weight is 207 g/mol. The second kappa shape index (κ2) is 4.77. The van der Waals surface area contributed by atoms with Crippen molar-refractivity contribution >= 4 is 0 Å². The summed E-state index contributed by atoms with van der Waals surface area (Å²) in [4.78, 5) is 0. The summed E-state index contributed by atoms with van der Waals surface area (Å²) in [5, 5.41) is 8.53. The van der Waals surface area contributed by atoms with E-state index in [1.54, 1.807) is 0 Å². The Labute approximate surface area is 91.9 Å². The maximum Gasteiger partial charge on any atom is 0.0859 e. The molecule has 1 aliphatic rings. The Morgan fingerprint density at radius 2 is 2.13 bits per heavy atom. The molecule has 0 aromatic carbocycles. The lowest BCUT2D eigenvalue weighted by molar-refractivity contribution is 0.409. The highest BCUT2D eigenvalue weighted by Crippen LogP contribution is 2.24. The molecule has 1 atom stereocenters. The van der Waals surface area contributed by atoms with Gasteiger partial charge >= 0.3 is 0 Å². The molecule has 1 aromatic rings. The Hall–Kier alpha value is -0.860. The molecule has 84 valence electrons. The first-order valence-corrected chi connectivity index (χ1v) is 6.26. The molecule has 2 rings (SSSR count). The van der Waals surface area contributed by atoms with Crippen LogP contribution in [0.5, 0.6) is 0 Å². The standard InChI is InChI=1S/C12H21N3/c1-3-10-6-5-7-12-11(9-8-10)13-14-15(12)4-2/h10H,3-9H2,1-2H3. The van der Waals surface area contributed by atoms with E-state index < -0.39 is 0 Å². The zero-order valence-corrected chi connectivity index (χ0v) is 9.87. The van der Waals surface area contributed by atoms with Gasteiger partial charge in [-0.2, -0.15) is 0 Å². The van der Waals surface area contributed by atoms with Gasteiger partial charge in [-0.1, -0.05) is 25.0 Å². The molecule has 0 spiro atoms. The van der Waals surface area contributed by atoms with Crippen LogP contribution in [0.3, 0.4) is 0 Å². The highest BCUT2D eigenvalue weighted by atomic mass is 15.4. The minimum Gasteiger partial charge on any atom is -0.249 e. The van der Waals surface area contributed by atoms with E-state index in [0.29, 0.717) is 0 Å². The maximum absolute atomic E-state index is 4.31. The van der Waals surface area contributed by atoms with Crippen molar-refractivity contribution in [3.63, 3.8) is 0 Å². The topological polar surface area (TPSA) is 30.7 Å². The molecule has 1 aliphatic carbocycles. The van der Waals surface area contributed by atoms with Crippen molar-refractivity contribution < 1.29 is 0 Å². The minimum absolute atomic E-state index is 0.907. The molecule has 0 saturated heterocycles. The minimum atomic E-state index is 0.907. The lowest BCUT2D eigenvalue weighted by Gasteiger charge is -2.17. The van der Waals surface area contributed by atoms with Gasteiger partial charge < -0.3 is 0 Å². The predicted octanol–water partition coefficient (Wildman–Crippen LogP) is 2.59. The molecular formula is C12H21N3. The predicted molar refractivity (Wildman–Crippen MR) is 60.7 cm³/mol. The molecule has 3 nitrogen and oxygen atoms in total. The lowest BCUT2D eigenvalue weighted by Crippen LogP contribution is -2.10. The van der Waals surface area contributed by atoms with Crippen LogP contribution in [0.1, 0.15) is 50.9 Å². The van der Waals surface area contributed by atoms with E-state index in [-0.39, 0.29) is 0 Å². The summed E-state index contributed by atoms with van der Waals surface area (Å²) in [6, 6.07) is 0. The Bertz CT molecular complexity index is 317. The molecule has 1 aromatic heterocycles. The van der Waals surface area contributed by atoms with Gasteiger partial charge in [0.05, 0.1) is 11.4 Å². The van der Waals surface area contributed by atoms with E-state index in [2.05, 4.69) is 28.8 Å². The van der Waals surface area contributed by atoms with Gasteiger partial charge in [-0.05, 0) is 38.5 Å². The fraction of sp³-hybridized carbons (Fsp3) is 0.833. The quantitative estimate of drug-likeness (QED) is 0.746. The highest BCUT2D eigenvalue weighted by Gasteiger charge is 2.17. The summed E-state index contributed by atoms with van der Waals surface area (Å²) >= 11 is 0. The van der Waals surface area contributed by atoms with Gasteiger partial charge in [0.1, 0.15) is 0 Å². The monoisotopic (exact) mass is 207 g/mol. The number of rotatable bonds is 2. The third-order valence-corrected chi connectivity index (χ3v) is 3.61. The molecule has 1 heterocycles. The lowest BCUT2D eigenvalue weighted by atomic mass is 9.90. The molecule has 15 heavy (non-hydrogen) atoms. The SMILES string of the molecule is CCC1CCCc2c(nnn2CC)CC1. The second-order valence-electron chi connectivity index (χ2n) is 4.50. The molecule has 0 N–H and O–H groups in total. The molecule has 3 heteroatoms. The van der Waals surface area contributed by atoms with Crippen LogP contribution in [-0.4, -0.2) is 15.0 Å². The summed E-state index contributed by atoms with van der Waals surface area (Å²) < 4.78 is 2.07. The van der Waals surface area contributed by atoms with E-state index >= 15 is 0 Å². The third kappa shape index (κ3) is 2.21. The van der Waals surface area contributed by atoms with Gasteiger partial charge in [-0.15, -0.1) is 5.10 Å². The van der Waals surface area contributed by atoms with E-state index in [4.69, 9.17) is 0 Å². The van der Waals surface area contributed by atoms with Crippen molar-refractivity contribution in [2.75, 3.05) is 0 Å². The molecule has 1 unspecified atom stereocenters. The Kier molecular flexibility index (Phi) is 3.39.